The largest absolute Gasteiger partial charge is 0.398 e. The van der Waals surface area contributed by atoms with Crippen LogP contribution in [-0.2, 0) is 0 Å². The molecule has 1 amide bonds. The zero-order valence-electron chi connectivity index (χ0n) is 11.2. The van der Waals surface area contributed by atoms with Crippen molar-refractivity contribution in [2.45, 2.75) is 6.92 Å². The Labute approximate surface area is 130 Å². The molecule has 0 aliphatic heterocycles. The fourth-order valence-electron chi connectivity index (χ4n) is 2.07. The maximum absolute atomic E-state index is 12.4. The fourth-order valence-corrected chi connectivity index (χ4v) is 2.96. The van der Waals surface area contributed by atoms with E-state index in [1.54, 1.807) is 23.7 Å². The molecule has 2 aromatic carbocycles. The van der Waals surface area contributed by atoms with Gasteiger partial charge in [-0.2, -0.15) is 0 Å². The Hall–Kier alpha value is -2.11. The Morgan fingerprint density at radius 3 is 2.95 bits per heavy atom. The molecule has 1 aromatic heterocycles. The SMILES string of the molecule is Cc1ccc(N)c(C(=O)Nc2c(Cl)ccc3scnc23)c1. The number of halogens is 1. The molecular formula is C15H12ClN3OS. The molecule has 0 radical (unpaired) electrons. The maximum Gasteiger partial charge on any atom is 0.257 e. The number of fused-ring (bicyclic) bond motifs is 1. The molecule has 0 unspecified atom stereocenters. The van der Waals surface area contributed by atoms with Crippen LogP contribution in [0, 0.1) is 6.92 Å². The number of thiazole rings is 1. The normalized spacial score (nSPS) is 10.8. The fraction of sp³-hybridized carbons (Fsp3) is 0.0667. The molecule has 3 aromatic rings. The lowest BCUT2D eigenvalue weighted by atomic mass is 10.1. The van der Waals surface area contributed by atoms with Crippen LogP contribution in [0.2, 0.25) is 5.02 Å². The van der Waals surface area contributed by atoms with Gasteiger partial charge in [0.1, 0.15) is 5.52 Å². The summed E-state index contributed by atoms with van der Waals surface area (Å²) in [5.74, 6) is -0.293. The van der Waals surface area contributed by atoms with Crippen LogP contribution in [0.4, 0.5) is 11.4 Å². The zero-order valence-corrected chi connectivity index (χ0v) is 12.8. The Morgan fingerprint density at radius 2 is 2.14 bits per heavy atom. The minimum Gasteiger partial charge on any atom is -0.398 e. The molecule has 6 heteroatoms. The van der Waals surface area contributed by atoms with E-state index in [0.29, 0.717) is 27.5 Å². The van der Waals surface area contributed by atoms with Crippen LogP contribution in [-0.4, -0.2) is 10.9 Å². The van der Waals surface area contributed by atoms with Crippen LogP contribution in [0.25, 0.3) is 10.2 Å². The lowest BCUT2D eigenvalue weighted by Gasteiger charge is -2.10. The zero-order chi connectivity index (χ0) is 15.0. The quantitative estimate of drug-likeness (QED) is 0.699. The van der Waals surface area contributed by atoms with Gasteiger partial charge in [-0.05, 0) is 31.2 Å². The molecular weight excluding hydrogens is 306 g/mol. The van der Waals surface area contributed by atoms with Gasteiger partial charge >= 0.3 is 0 Å². The highest BCUT2D eigenvalue weighted by Crippen LogP contribution is 2.32. The maximum atomic E-state index is 12.4. The van der Waals surface area contributed by atoms with Crippen molar-refractivity contribution in [3.63, 3.8) is 0 Å². The average molecular weight is 318 g/mol. The molecule has 0 fully saturated rings. The number of rotatable bonds is 2. The van der Waals surface area contributed by atoms with Gasteiger partial charge in [-0.3, -0.25) is 4.79 Å². The first-order valence-corrected chi connectivity index (χ1v) is 7.51. The molecule has 0 bridgehead atoms. The van der Waals surface area contributed by atoms with Crippen LogP contribution in [0.1, 0.15) is 15.9 Å². The third-order valence-corrected chi connectivity index (χ3v) is 4.25. The van der Waals surface area contributed by atoms with E-state index in [-0.39, 0.29) is 5.91 Å². The highest BCUT2D eigenvalue weighted by Gasteiger charge is 2.15. The van der Waals surface area contributed by atoms with Gasteiger partial charge in [-0.15, -0.1) is 11.3 Å². The van der Waals surface area contributed by atoms with Crippen LogP contribution >= 0.6 is 22.9 Å². The van der Waals surface area contributed by atoms with Crippen molar-refractivity contribution in [3.8, 4) is 0 Å². The van der Waals surface area contributed by atoms with Crippen LogP contribution in [0.5, 0.6) is 0 Å². The van der Waals surface area contributed by atoms with E-state index in [2.05, 4.69) is 10.3 Å². The van der Waals surface area contributed by atoms with Crippen molar-refractivity contribution in [1.82, 2.24) is 4.98 Å². The molecule has 0 saturated carbocycles. The number of nitrogens with zero attached hydrogens (tertiary/aromatic N) is 1. The summed E-state index contributed by atoms with van der Waals surface area (Å²) in [5.41, 5.74) is 10.6. The Kier molecular flexibility index (Phi) is 3.53. The van der Waals surface area contributed by atoms with Gasteiger partial charge in [0.25, 0.3) is 5.91 Å². The molecule has 4 nitrogen and oxygen atoms in total. The summed E-state index contributed by atoms with van der Waals surface area (Å²) in [6, 6.07) is 8.96. The van der Waals surface area contributed by atoms with Crippen molar-refractivity contribution < 1.29 is 4.79 Å². The highest BCUT2D eigenvalue weighted by atomic mass is 35.5. The van der Waals surface area contributed by atoms with Gasteiger partial charge in [0.2, 0.25) is 0 Å². The molecule has 106 valence electrons. The minimum atomic E-state index is -0.293. The van der Waals surface area contributed by atoms with Gasteiger partial charge in [0, 0.05) is 5.69 Å². The Bertz CT molecular complexity index is 844. The summed E-state index contributed by atoms with van der Waals surface area (Å²) in [6.45, 7) is 1.91. The molecule has 21 heavy (non-hydrogen) atoms. The number of hydrogen-bond donors (Lipinski definition) is 2. The smallest absolute Gasteiger partial charge is 0.257 e. The first-order valence-electron chi connectivity index (χ1n) is 6.25. The van der Waals surface area contributed by atoms with E-state index in [4.69, 9.17) is 17.3 Å². The monoisotopic (exact) mass is 317 g/mol. The minimum absolute atomic E-state index is 0.293. The molecule has 3 N–H and O–H groups in total. The van der Waals surface area contributed by atoms with E-state index in [1.165, 1.54) is 11.3 Å². The van der Waals surface area contributed by atoms with E-state index in [0.717, 1.165) is 10.3 Å². The van der Waals surface area contributed by atoms with Gasteiger partial charge in [-0.1, -0.05) is 23.2 Å². The van der Waals surface area contributed by atoms with Crippen molar-refractivity contribution in [1.29, 1.82) is 0 Å². The Balaban J connectivity index is 2.02. The number of carbonyl (C=O) groups is 1. The number of nitrogens with one attached hydrogen (secondary N) is 1. The van der Waals surface area contributed by atoms with Crippen molar-refractivity contribution in [2.75, 3.05) is 11.1 Å². The summed E-state index contributed by atoms with van der Waals surface area (Å²) < 4.78 is 0.965. The number of anilines is 2. The number of amides is 1. The van der Waals surface area contributed by atoms with Crippen LogP contribution < -0.4 is 11.1 Å². The number of nitrogen functional groups attached to an aromatic ring is 1. The first kappa shape index (κ1) is 13.9. The van der Waals surface area contributed by atoms with Gasteiger partial charge in [-0.25, -0.2) is 4.98 Å². The number of nitrogens with two attached hydrogens (primary N) is 1. The summed E-state index contributed by atoms with van der Waals surface area (Å²) in [5, 5.41) is 3.27. The second kappa shape index (κ2) is 5.35. The second-order valence-electron chi connectivity index (χ2n) is 4.67. The molecule has 0 saturated heterocycles. The summed E-state index contributed by atoms with van der Waals surface area (Å²) in [7, 11) is 0. The number of hydrogen-bond acceptors (Lipinski definition) is 4. The highest BCUT2D eigenvalue weighted by molar-refractivity contribution is 7.16. The standard InChI is InChI=1S/C15H12ClN3OS/c1-8-2-4-11(17)9(6-8)15(20)19-13-10(16)3-5-12-14(13)18-7-21-12/h2-7H,17H2,1H3,(H,19,20). The molecule has 0 aliphatic rings. The molecule has 0 aliphatic carbocycles. The Morgan fingerprint density at radius 1 is 1.33 bits per heavy atom. The summed E-state index contributed by atoms with van der Waals surface area (Å²) in [4.78, 5) is 16.7. The number of aryl methyl sites for hydroxylation is 1. The number of aromatic nitrogens is 1. The molecule has 0 atom stereocenters. The third-order valence-electron chi connectivity index (χ3n) is 3.14. The topological polar surface area (TPSA) is 68.0 Å². The summed E-state index contributed by atoms with van der Waals surface area (Å²) >= 11 is 7.67. The lowest BCUT2D eigenvalue weighted by Crippen LogP contribution is -2.14. The number of carbonyl (C=O) groups excluding carboxylic acids is 1. The average Bonchev–Trinajstić information content (AvgIpc) is 2.93. The van der Waals surface area contributed by atoms with E-state index in [9.17, 15) is 4.79 Å². The predicted octanol–water partition coefficient (Wildman–Crippen LogP) is 4.09. The van der Waals surface area contributed by atoms with Gasteiger partial charge < -0.3 is 11.1 Å². The predicted molar refractivity (Wildman–Crippen MR) is 88.2 cm³/mol. The first-order chi connectivity index (χ1) is 10.1. The van der Waals surface area contributed by atoms with E-state index in [1.807, 2.05) is 19.1 Å². The second-order valence-corrected chi connectivity index (χ2v) is 5.96. The molecule has 0 spiro atoms. The van der Waals surface area contributed by atoms with Crippen molar-refractivity contribution in [2.24, 2.45) is 0 Å². The third kappa shape index (κ3) is 2.57. The van der Waals surface area contributed by atoms with Crippen molar-refractivity contribution in [3.05, 3.63) is 52.0 Å². The van der Waals surface area contributed by atoms with Crippen LogP contribution in [0.3, 0.4) is 0 Å². The van der Waals surface area contributed by atoms with Gasteiger partial charge in [0.05, 0.1) is 26.5 Å². The van der Waals surface area contributed by atoms with E-state index < -0.39 is 0 Å². The van der Waals surface area contributed by atoms with Crippen molar-refractivity contribution >= 4 is 50.4 Å². The lowest BCUT2D eigenvalue weighted by molar-refractivity contribution is 0.102. The molecule has 3 rings (SSSR count). The van der Waals surface area contributed by atoms with E-state index >= 15 is 0 Å². The van der Waals surface area contributed by atoms with Crippen LogP contribution in [0.15, 0.2) is 35.8 Å². The van der Waals surface area contributed by atoms with Gasteiger partial charge in [0.15, 0.2) is 0 Å². The molecule has 1 heterocycles. The number of benzene rings is 2. The summed E-state index contributed by atoms with van der Waals surface area (Å²) in [6.07, 6.45) is 0.